The van der Waals surface area contributed by atoms with E-state index in [0.29, 0.717) is 13.0 Å². The fourth-order valence-electron chi connectivity index (χ4n) is 0.627. The summed E-state index contributed by atoms with van der Waals surface area (Å²) in [6.45, 7) is 0.648. The van der Waals surface area contributed by atoms with Crippen LogP contribution in [0.2, 0.25) is 0 Å². The van der Waals surface area contributed by atoms with E-state index in [2.05, 4.69) is 0 Å². The number of carbonyl (C=O) groups is 1. The van der Waals surface area contributed by atoms with E-state index in [1.165, 1.54) is 0 Å². The second-order valence-electron chi connectivity index (χ2n) is 1.81. The highest BCUT2D eigenvalue weighted by Gasteiger charge is 2.18. The highest BCUT2D eigenvalue weighted by molar-refractivity contribution is 5.83. The molecule has 1 heterocycles. The number of hydrogen-bond donors (Lipinski definition) is 1. The van der Waals surface area contributed by atoms with Crippen LogP contribution < -0.4 is 0 Å². The zero-order chi connectivity index (χ0) is 5.98. The number of Topliss-reactive ketones (excluding diaryl/α,β-unsaturated/α-hetero) is 1. The summed E-state index contributed by atoms with van der Waals surface area (Å²) in [5.41, 5.74) is 0. The van der Waals surface area contributed by atoms with Gasteiger partial charge in [-0.25, -0.2) is 0 Å². The van der Waals surface area contributed by atoms with Crippen molar-refractivity contribution in [3.8, 4) is 0 Å². The lowest BCUT2D eigenvalue weighted by atomic mass is 10.1. The Balaban J connectivity index is 2.39. The van der Waals surface area contributed by atoms with Crippen LogP contribution in [0.15, 0.2) is 0 Å². The largest absolute Gasteiger partial charge is 0.383 e. The molecule has 3 heteroatoms. The van der Waals surface area contributed by atoms with Crippen LogP contribution in [0.25, 0.3) is 0 Å². The minimum atomic E-state index is -0.858. The normalized spacial score (nSPS) is 30.6. The lowest BCUT2D eigenvalue weighted by molar-refractivity contribution is -0.136. The molecule has 0 radical (unpaired) electrons. The molecular formula is C5H8O3. The summed E-state index contributed by atoms with van der Waals surface area (Å²) in [6.07, 6.45) is -0.495. The topological polar surface area (TPSA) is 46.5 Å². The zero-order valence-corrected chi connectivity index (χ0v) is 4.46. The van der Waals surface area contributed by atoms with Crippen LogP contribution in [0.4, 0.5) is 0 Å². The average Bonchev–Trinajstić information content (AvgIpc) is 1.77. The third-order valence-electron chi connectivity index (χ3n) is 1.14. The zero-order valence-electron chi connectivity index (χ0n) is 4.46. The van der Waals surface area contributed by atoms with Gasteiger partial charge >= 0.3 is 0 Å². The molecule has 1 fully saturated rings. The van der Waals surface area contributed by atoms with Crippen LogP contribution in [0.5, 0.6) is 0 Å². The molecule has 0 bridgehead atoms. The summed E-state index contributed by atoms with van der Waals surface area (Å²) in [5, 5.41) is 8.70. The van der Waals surface area contributed by atoms with Gasteiger partial charge in [-0.2, -0.15) is 0 Å². The van der Waals surface area contributed by atoms with Crippen molar-refractivity contribution >= 4 is 5.78 Å². The monoisotopic (exact) mass is 116 g/mol. The number of aliphatic hydroxyl groups excluding tert-OH is 1. The first-order valence-corrected chi connectivity index (χ1v) is 2.59. The molecule has 0 aliphatic carbocycles. The molecule has 1 unspecified atom stereocenters. The van der Waals surface area contributed by atoms with Gasteiger partial charge in [0.1, 0.15) is 6.10 Å². The summed E-state index contributed by atoms with van der Waals surface area (Å²) in [4.78, 5) is 10.5. The van der Waals surface area contributed by atoms with E-state index in [-0.39, 0.29) is 12.4 Å². The van der Waals surface area contributed by atoms with Crippen molar-refractivity contribution in [3.05, 3.63) is 0 Å². The number of ether oxygens (including phenoxy) is 1. The summed E-state index contributed by atoms with van der Waals surface area (Å²) >= 11 is 0. The van der Waals surface area contributed by atoms with Gasteiger partial charge in [0.25, 0.3) is 0 Å². The van der Waals surface area contributed by atoms with E-state index in [1.54, 1.807) is 0 Å². The Morgan fingerprint density at radius 1 is 1.75 bits per heavy atom. The average molecular weight is 116 g/mol. The predicted molar refractivity (Wildman–Crippen MR) is 26.4 cm³/mol. The molecule has 1 saturated heterocycles. The molecule has 1 aliphatic rings. The first-order chi connectivity index (χ1) is 3.80. The van der Waals surface area contributed by atoms with Gasteiger partial charge in [-0.3, -0.25) is 4.79 Å². The Labute approximate surface area is 47.3 Å². The maximum absolute atomic E-state index is 10.5. The Morgan fingerprint density at radius 3 is 2.88 bits per heavy atom. The van der Waals surface area contributed by atoms with Crippen LogP contribution in [0, 0.1) is 0 Å². The maximum atomic E-state index is 10.5. The number of aliphatic hydroxyl groups is 1. The number of ketones is 1. The fourth-order valence-corrected chi connectivity index (χ4v) is 0.627. The quantitative estimate of drug-likeness (QED) is 0.457. The molecule has 1 atom stereocenters. The molecule has 1 rings (SSSR count). The Morgan fingerprint density at radius 2 is 2.50 bits per heavy atom. The Bertz CT molecular complexity index is 99.8. The van der Waals surface area contributed by atoms with Crippen LogP contribution in [-0.2, 0) is 9.53 Å². The van der Waals surface area contributed by atoms with E-state index in [1.807, 2.05) is 0 Å². The molecule has 0 saturated carbocycles. The maximum Gasteiger partial charge on any atom is 0.165 e. The number of rotatable bonds is 0. The molecule has 1 aliphatic heterocycles. The molecule has 0 aromatic rings. The Hall–Kier alpha value is -0.410. The van der Waals surface area contributed by atoms with Gasteiger partial charge in [-0.05, 0) is 0 Å². The first kappa shape index (κ1) is 5.72. The number of hydrogen-bond acceptors (Lipinski definition) is 3. The van der Waals surface area contributed by atoms with Gasteiger partial charge in [-0.1, -0.05) is 0 Å². The minimum Gasteiger partial charge on any atom is -0.383 e. The Kier molecular flexibility index (Phi) is 1.60. The van der Waals surface area contributed by atoms with Gasteiger partial charge < -0.3 is 9.84 Å². The standard InChI is InChI=1S/C5H8O3/c6-4-1-2-8-3-5(4)7/h5,7H,1-3H2. The van der Waals surface area contributed by atoms with Gasteiger partial charge in [0.15, 0.2) is 5.78 Å². The van der Waals surface area contributed by atoms with Crippen molar-refractivity contribution in [3.63, 3.8) is 0 Å². The highest BCUT2D eigenvalue weighted by Crippen LogP contribution is 1.99. The molecule has 3 nitrogen and oxygen atoms in total. The van der Waals surface area contributed by atoms with Gasteiger partial charge in [0.05, 0.1) is 13.2 Å². The van der Waals surface area contributed by atoms with Crippen molar-refractivity contribution in [2.75, 3.05) is 13.2 Å². The van der Waals surface area contributed by atoms with Crippen molar-refractivity contribution in [2.24, 2.45) is 0 Å². The van der Waals surface area contributed by atoms with Crippen molar-refractivity contribution in [2.45, 2.75) is 12.5 Å². The van der Waals surface area contributed by atoms with E-state index in [9.17, 15) is 4.79 Å². The van der Waals surface area contributed by atoms with Crippen LogP contribution >= 0.6 is 0 Å². The van der Waals surface area contributed by atoms with E-state index in [0.717, 1.165) is 0 Å². The summed E-state index contributed by atoms with van der Waals surface area (Å²) in [5.74, 6) is -0.101. The summed E-state index contributed by atoms with van der Waals surface area (Å²) < 4.78 is 4.78. The second kappa shape index (κ2) is 2.24. The lowest BCUT2D eigenvalue weighted by Crippen LogP contribution is -2.31. The molecule has 46 valence electrons. The third kappa shape index (κ3) is 1.05. The van der Waals surface area contributed by atoms with Crippen LogP contribution in [-0.4, -0.2) is 30.2 Å². The fraction of sp³-hybridized carbons (Fsp3) is 0.800. The molecular weight excluding hydrogens is 108 g/mol. The molecule has 8 heavy (non-hydrogen) atoms. The molecule has 0 spiro atoms. The van der Waals surface area contributed by atoms with Crippen molar-refractivity contribution < 1.29 is 14.6 Å². The second-order valence-corrected chi connectivity index (χ2v) is 1.81. The molecule has 0 aromatic carbocycles. The third-order valence-corrected chi connectivity index (χ3v) is 1.14. The minimum absolute atomic E-state index is 0.101. The number of carbonyl (C=O) groups excluding carboxylic acids is 1. The SMILES string of the molecule is O=C1CCOCC1O. The lowest BCUT2D eigenvalue weighted by Gasteiger charge is -2.14. The highest BCUT2D eigenvalue weighted by atomic mass is 16.5. The predicted octanol–water partition coefficient (Wildman–Crippen LogP) is -0.663. The first-order valence-electron chi connectivity index (χ1n) is 2.59. The van der Waals surface area contributed by atoms with Gasteiger partial charge in [-0.15, -0.1) is 0 Å². The van der Waals surface area contributed by atoms with Crippen LogP contribution in [0.1, 0.15) is 6.42 Å². The van der Waals surface area contributed by atoms with Crippen molar-refractivity contribution in [1.82, 2.24) is 0 Å². The van der Waals surface area contributed by atoms with Gasteiger partial charge in [0, 0.05) is 6.42 Å². The molecule has 1 N–H and O–H groups in total. The molecule has 0 aromatic heterocycles. The smallest absolute Gasteiger partial charge is 0.165 e. The van der Waals surface area contributed by atoms with Crippen LogP contribution in [0.3, 0.4) is 0 Å². The molecule has 0 amide bonds. The van der Waals surface area contributed by atoms with E-state index in [4.69, 9.17) is 9.84 Å². The van der Waals surface area contributed by atoms with E-state index >= 15 is 0 Å². The van der Waals surface area contributed by atoms with Gasteiger partial charge in [0.2, 0.25) is 0 Å². The van der Waals surface area contributed by atoms with Crippen molar-refractivity contribution in [1.29, 1.82) is 0 Å². The summed E-state index contributed by atoms with van der Waals surface area (Å²) in [7, 11) is 0. The summed E-state index contributed by atoms with van der Waals surface area (Å²) in [6, 6.07) is 0. The van der Waals surface area contributed by atoms with E-state index < -0.39 is 6.10 Å².